The number of hydrogen-bond acceptors (Lipinski definition) is 4. The number of carbonyl (C=O) groups excluding carboxylic acids is 1. The number of carbonyl (C=O) groups is 1. The summed E-state index contributed by atoms with van der Waals surface area (Å²) in [6.45, 7) is 0.943. The predicted octanol–water partition coefficient (Wildman–Crippen LogP) is 2.71. The van der Waals surface area contributed by atoms with Crippen LogP contribution in [0.1, 0.15) is 24.8 Å². The quantitative estimate of drug-likeness (QED) is 0.878. The van der Waals surface area contributed by atoms with Crippen LogP contribution in [0, 0.1) is 11.3 Å². The third-order valence-electron chi connectivity index (χ3n) is 3.77. The molecule has 112 valence electrons. The van der Waals surface area contributed by atoms with E-state index < -0.39 is 0 Å². The van der Waals surface area contributed by atoms with Crippen molar-refractivity contribution in [1.82, 2.24) is 4.90 Å². The maximum absolute atomic E-state index is 11.9. The molecule has 21 heavy (non-hydrogen) atoms. The molecule has 2 rings (SSSR count). The highest BCUT2D eigenvalue weighted by atomic mass is 32.2. The molecular weight excluding hydrogens is 282 g/mol. The molecule has 1 fully saturated rings. The Morgan fingerprint density at radius 2 is 2.33 bits per heavy atom. The lowest BCUT2D eigenvalue weighted by atomic mass is 10.2. The average molecular weight is 303 g/mol. The Morgan fingerprint density at radius 3 is 3.05 bits per heavy atom. The number of para-hydroxylation sites is 1. The van der Waals surface area contributed by atoms with Crippen LogP contribution >= 0.6 is 11.8 Å². The Labute approximate surface area is 130 Å². The van der Waals surface area contributed by atoms with Crippen molar-refractivity contribution >= 4 is 23.4 Å². The van der Waals surface area contributed by atoms with Crippen LogP contribution in [0.15, 0.2) is 24.3 Å². The molecule has 1 aromatic rings. The second-order valence-corrected chi connectivity index (χ2v) is 6.46. The molecule has 1 aliphatic heterocycles. The molecule has 0 aliphatic carbocycles. The monoisotopic (exact) mass is 303 g/mol. The van der Waals surface area contributed by atoms with E-state index in [0.717, 1.165) is 13.0 Å². The van der Waals surface area contributed by atoms with Gasteiger partial charge in [-0.05, 0) is 44.3 Å². The summed E-state index contributed by atoms with van der Waals surface area (Å²) >= 11 is 2.00. The first-order chi connectivity index (χ1) is 10.2. The average Bonchev–Trinajstić information content (AvgIpc) is 3.02. The van der Waals surface area contributed by atoms with Gasteiger partial charge in [-0.15, -0.1) is 0 Å². The van der Waals surface area contributed by atoms with Gasteiger partial charge in [0.25, 0.3) is 0 Å². The maximum atomic E-state index is 11.9. The molecule has 1 saturated heterocycles. The molecule has 4 nitrogen and oxygen atoms in total. The lowest BCUT2D eigenvalue weighted by molar-refractivity contribution is -0.116. The first kappa shape index (κ1) is 15.9. The smallest absolute Gasteiger partial charge is 0.224 e. The van der Waals surface area contributed by atoms with Crippen molar-refractivity contribution in [2.45, 2.75) is 25.3 Å². The van der Waals surface area contributed by atoms with Crippen LogP contribution in [0.3, 0.4) is 0 Å². The van der Waals surface area contributed by atoms with E-state index in [9.17, 15) is 4.79 Å². The van der Waals surface area contributed by atoms with E-state index >= 15 is 0 Å². The molecule has 1 heterocycles. The highest BCUT2D eigenvalue weighted by Crippen LogP contribution is 2.21. The van der Waals surface area contributed by atoms with Gasteiger partial charge in [-0.2, -0.15) is 17.0 Å². The summed E-state index contributed by atoms with van der Waals surface area (Å²) in [5.74, 6) is 2.44. The molecule has 1 atom stereocenters. The van der Waals surface area contributed by atoms with Gasteiger partial charge in [-0.3, -0.25) is 4.79 Å². The fourth-order valence-electron chi connectivity index (χ4n) is 2.44. The number of thioether (sulfide) groups is 1. The third kappa shape index (κ3) is 4.76. The third-order valence-corrected chi connectivity index (χ3v) is 4.91. The van der Waals surface area contributed by atoms with Crippen molar-refractivity contribution < 1.29 is 4.79 Å². The van der Waals surface area contributed by atoms with E-state index in [0.29, 0.717) is 23.7 Å². The summed E-state index contributed by atoms with van der Waals surface area (Å²) in [6, 6.07) is 9.84. The normalized spacial score (nSPS) is 17.7. The van der Waals surface area contributed by atoms with E-state index in [2.05, 4.69) is 23.3 Å². The highest BCUT2D eigenvalue weighted by molar-refractivity contribution is 7.99. The molecule has 0 radical (unpaired) electrons. The minimum Gasteiger partial charge on any atom is -0.325 e. The van der Waals surface area contributed by atoms with E-state index in [1.54, 1.807) is 18.2 Å². The van der Waals surface area contributed by atoms with E-state index in [4.69, 9.17) is 5.26 Å². The molecule has 0 aromatic heterocycles. The lowest BCUT2D eigenvalue weighted by Crippen LogP contribution is -2.32. The Morgan fingerprint density at radius 1 is 1.52 bits per heavy atom. The van der Waals surface area contributed by atoms with Crippen molar-refractivity contribution in [3.8, 4) is 6.07 Å². The maximum Gasteiger partial charge on any atom is 0.224 e. The Bertz CT molecular complexity index is 520. The van der Waals surface area contributed by atoms with E-state index in [1.807, 2.05) is 17.8 Å². The van der Waals surface area contributed by atoms with Crippen molar-refractivity contribution in [3.05, 3.63) is 29.8 Å². The van der Waals surface area contributed by atoms with Crippen LogP contribution in [0.5, 0.6) is 0 Å². The Kier molecular flexibility index (Phi) is 6.09. The van der Waals surface area contributed by atoms with Gasteiger partial charge in [-0.1, -0.05) is 12.1 Å². The molecule has 1 amide bonds. The summed E-state index contributed by atoms with van der Waals surface area (Å²) in [5.41, 5.74) is 1.11. The predicted molar refractivity (Wildman–Crippen MR) is 87.4 cm³/mol. The highest BCUT2D eigenvalue weighted by Gasteiger charge is 2.19. The van der Waals surface area contributed by atoms with Crippen LogP contribution in [0.2, 0.25) is 0 Å². The molecule has 0 spiro atoms. The van der Waals surface area contributed by atoms with Crippen LogP contribution in [0.25, 0.3) is 0 Å². The second kappa shape index (κ2) is 8.06. The zero-order valence-corrected chi connectivity index (χ0v) is 13.2. The molecule has 0 bridgehead atoms. The molecule has 1 N–H and O–H groups in total. The summed E-state index contributed by atoms with van der Waals surface area (Å²) in [5, 5.41) is 11.8. The van der Waals surface area contributed by atoms with E-state index in [-0.39, 0.29) is 5.91 Å². The molecule has 1 unspecified atom stereocenters. The summed E-state index contributed by atoms with van der Waals surface area (Å²) in [6.07, 6.45) is 2.59. The zero-order chi connectivity index (χ0) is 15.1. The van der Waals surface area contributed by atoms with Crippen molar-refractivity contribution in [3.63, 3.8) is 0 Å². The Hall–Kier alpha value is -1.51. The number of nitrogens with one attached hydrogen (secondary N) is 1. The van der Waals surface area contributed by atoms with Crippen molar-refractivity contribution in [2.75, 3.05) is 30.4 Å². The first-order valence-electron chi connectivity index (χ1n) is 7.27. The van der Waals surface area contributed by atoms with Gasteiger partial charge >= 0.3 is 0 Å². The van der Waals surface area contributed by atoms with Gasteiger partial charge < -0.3 is 10.2 Å². The number of nitrogens with zero attached hydrogens (tertiary/aromatic N) is 2. The number of nitriles is 1. The van der Waals surface area contributed by atoms with E-state index in [1.165, 1.54) is 17.9 Å². The van der Waals surface area contributed by atoms with Crippen LogP contribution in [0.4, 0.5) is 5.69 Å². The molecule has 1 aromatic carbocycles. The molecule has 5 heteroatoms. The lowest BCUT2D eigenvalue weighted by Gasteiger charge is -2.23. The largest absolute Gasteiger partial charge is 0.325 e. The minimum atomic E-state index is -0.0214. The number of rotatable bonds is 6. The first-order valence-corrected chi connectivity index (χ1v) is 8.43. The van der Waals surface area contributed by atoms with Gasteiger partial charge in [-0.25, -0.2) is 0 Å². The minimum absolute atomic E-state index is 0.0214. The van der Waals surface area contributed by atoms with Crippen LogP contribution in [-0.4, -0.2) is 41.9 Å². The SMILES string of the molecule is CN(CCCC(=O)Nc1ccccc1C#N)C1CCSC1. The standard InChI is InChI=1S/C16H21N3OS/c1-19(14-8-10-21-12-14)9-4-7-16(20)18-15-6-3-2-5-13(15)11-17/h2-3,5-6,14H,4,7-10,12H2,1H3,(H,18,20). The van der Waals surface area contributed by atoms with Crippen molar-refractivity contribution in [2.24, 2.45) is 0 Å². The number of hydrogen-bond donors (Lipinski definition) is 1. The molecule has 0 saturated carbocycles. The molecular formula is C16H21N3OS. The number of benzene rings is 1. The van der Waals surface area contributed by atoms with Crippen LogP contribution < -0.4 is 5.32 Å². The molecule has 1 aliphatic rings. The topological polar surface area (TPSA) is 56.1 Å². The summed E-state index contributed by atoms with van der Waals surface area (Å²) in [7, 11) is 2.14. The Balaban J connectivity index is 1.73. The van der Waals surface area contributed by atoms with Crippen LogP contribution in [-0.2, 0) is 4.79 Å². The van der Waals surface area contributed by atoms with Gasteiger partial charge in [0.1, 0.15) is 6.07 Å². The zero-order valence-electron chi connectivity index (χ0n) is 12.3. The van der Waals surface area contributed by atoms with Gasteiger partial charge in [0, 0.05) is 18.2 Å². The fourth-order valence-corrected chi connectivity index (χ4v) is 3.74. The van der Waals surface area contributed by atoms with Gasteiger partial charge in [0.2, 0.25) is 5.91 Å². The number of amides is 1. The van der Waals surface area contributed by atoms with Gasteiger partial charge in [0.15, 0.2) is 0 Å². The summed E-state index contributed by atoms with van der Waals surface area (Å²) < 4.78 is 0. The summed E-state index contributed by atoms with van der Waals surface area (Å²) in [4.78, 5) is 14.3. The van der Waals surface area contributed by atoms with Crippen molar-refractivity contribution in [1.29, 1.82) is 5.26 Å². The van der Waals surface area contributed by atoms with Gasteiger partial charge in [0.05, 0.1) is 11.3 Å². The fraction of sp³-hybridized carbons (Fsp3) is 0.500. The number of anilines is 1. The second-order valence-electron chi connectivity index (χ2n) is 5.31.